The second-order valence-corrected chi connectivity index (χ2v) is 3.20. The van der Waals surface area contributed by atoms with Crippen LogP contribution in [0.25, 0.3) is 0 Å². The van der Waals surface area contributed by atoms with Gasteiger partial charge in [0, 0.05) is 12.6 Å². The standard InChI is InChI=1S/C12H21NO/c1-4-7-10-13-12(14)9-8-11(5-2)6-3/h5,8-9H,4,6-7,10H2,1-3H3,(H,13,14). The summed E-state index contributed by atoms with van der Waals surface area (Å²) in [5.74, 6) is 0.00579. The fraction of sp³-hybridized carbons (Fsp3) is 0.583. The minimum atomic E-state index is 0.00579. The first-order valence-corrected chi connectivity index (χ1v) is 5.35. The summed E-state index contributed by atoms with van der Waals surface area (Å²) >= 11 is 0. The number of carbonyl (C=O) groups is 1. The Kier molecular flexibility index (Phi) is 7.90. The molecule has 2 heteroatoms. The van der Waals surface area contributed by atoms with E-state index in [1.54, 1.807) is 6.08 Å². The van der Waals surface area contributed by atoms with Crippen LogP contribution in [0.2, 0.25) is 0 Å². The van der Waals surface area contributed by atoms with Crippen molar-refractivity contribution in [1.29, 1.82) is 0 Å². The van der Waals surface area contributed by atoms with Crippen LogP contribution in [-0.4, -0.2) is 12.5 Å². The highest BCUT2D eigenvalue weighted by Gasteiger charge is 1.93. The minimum absolute atomic E-state index is 0.00579. The van der Waals surface area contributed by atoms with Crippen LogP contribution in [0.5, 0.6) is 0 Å². The molecule has 0 spiro atoms. The van der Waals surface area contributed by atoms with Crippen molar-refractivity contribution in [3.63, 3.8) is 0 Å². The number of nitrogens with one attached hydrogen (secondary N) is 1. The molecule has 0 bridgehead atoms. The van der Waals surface area contributed by atoms with Gasteiger partial charge in [0.2, 0.25) is 5.91 Å². The third-order valence-electron chi connectivity index (χ3n) is 2.06. The molecule has 0 atom stereocenters. The van der Waals surface area contributed by atoms with Gasteiger partial charge in [-0.1, -0.05) is 38.0 Å². The molecule has 0 aliphatic carbocycles. The van der Waals surface area contributed by atoms with Gasteiger partial charge < -0.3 is 5.32 Å². The van der Waals surface area contributed by atoms with Crippen molar-refractivity contribution in [2.24, 2.45) is 0 Å². The maximum atomic E-state index is 11.2. The van der Waals surface area contributed by atoms with Gasteiger partial charge in [-0.15, -0.1) is 0 Å². The van der Waals surface area contributed by atoms with Crippen LogP contribution in [0, 0.1) is 0 Å². The number of unbranched alkanes of at least 4 members (excludes halogenated alkanes) is 1. The summed E-state index contributed by atoms with van der Waals surface area (Å²) in [7, 11) is 0. The zero-order valence-corrected chi connectivity index (χ0v) is 9.47. The van der Waals surface area contributed by atoms with Gasteiger partial charge in [-0.2, -0.15) is 0 Å². The first kappa shape index (κ1) is 12.9. The van der Waals surface area contributed by atoms with E-state index in [9.17, 15) is 4.79 Å². The molecule has 0 unspecified atom stereocenters. The molecule has 0 aromatic heterocycles. The molecule has 1 amide bonds. The van der Waals surface area contributed by atoms with Crippen molar-refractivity contribution in [1.82, 2.24) is 5.32 Å². The number of allylic oxidation sites excluding steroid dienone is 3. The maximum Gasteiger partial charge on any atom is 0.243 e. The highest BCUT2D eigenvalue weighted by Crippen LogP contribution is 2.01. The van der Waals surface area contributed by atoms with E-state index < -0.39 is 0 Å². The molecule has 0 aromatic rings. The van der Waals surface area contributed by atoms with Gasteiger partial charge in [-0.05, 0) is 19.8 Å². The number of hydrogen-bond donors (Lipinski definition) is 1. The van der Waals surface area contributed by atoms with Crippen molar-refractivity contribution in [2.45, 2.75) is 40.0 Å². The van der Waals surface area contributed by atoms with Crippen LogP contribution >= 0.6 is 0 Å². The largest absolute Gasteiger partial charge is 0.353 e. The van der Waals surface area contributed by atoms with Crippen LogP contribution in [0.4, 0.5) is 0 Å². The smallest absolute Gasteiger partial charge is 0.243 e. The summed E-state index contributed by atoms with van der Waals surface area (Å²) < 4.78 is 0. The summed E-state index contributed by atoms with van der Waals surface area (Å²) in [5.41, 5.74) is 1.19. The fourth-order valence-electron chi connectivity index (χ4n) is 1.05. The lowest BCUT2D eigenvalue weighted by atomic mass is 10.2. The Morgan fingerprint density at radius 1 is 1.29 bits per heavy atom. The summed E-state index contributed by atoms with van der Waals surface area (Å²) in [5, 5.41) is 2.83. The molecule has 2 nitrogen and oxygen atoms in total. The SMILES string of the molecule is CC=C(C=CC(=O)NCCCC)CC. The van der Waals surface area contributed by atoms with E-state index in [0.29, 0.717) is 0 Å². The second-order valence-electron chi connectivity index (χ2n) is 3.20. The average molecular weight is 195 g/mol. The summed E-state index contributed by atoms with van der Waals surface area (Å²) in [6, 6.07) is 0. The monoisotopic (exact) mass is 195 g/mol. The van der Waals surface area contributed by atoms with Crippen molar-refractivity contribution in [3.8, 4) is 0 Å². The van der Waals surface area contributed by atoms with E-state index in [2.05, 4.69) is 19.2 Å². The molecule has 0 heterocycles. The minimum Gasteiger partial charge on any atom is -0.353 e. The molecule has 0 rings (SSSR count). The van der Waals surface area contributed by atoms with E-state index in [0.717, 1.165) is 25.8 Å². The Labute approximate surface area is 87.1 Å². The topological polar surface area (TPSA) is 29.1 Å². The molecule has 0 fully saturated rings. The van der Waals surface area contributed by atoms with Gasteiger partial charge in [0.1, 0.15) is 0 Å². The lowest BCUT2D eigenvalue weighted by molar-refractivity contribution is -0.116. The second kappa shape index (κ2) is 8.54. The Bertz CT molecular complexity index is 216. The van der Waals surface area contributed by atoms with E-state index in [1.807, 2.05) is 19.1 Å². The fourth-order valence-corrected chi connectivity index (χ4v) is 1.05. The molecule has 1 N–H and O–H groups in total. The Balaban J connectivity index is 3.81. The first-order valence-electron chi connectivity index (χ1n) is 5.35. The Hall–Kier alpha value is -1.05. The Morgan fingerprint density at radius 3 is 2.50 bits per heavy atom. The van der Waals surface area contributed by atoms with Crippen molar-refractivity contribution in [3.05, 3.63) is 23.8 Å². The van der Waals surface area contributed by atoms with E-state index >= 15 is 0 Å². The van der Waals surface area contributed by atoms with Crippen LogP contribution in [0.15, 0.2) is 23.8 Å². The molecule has 0 radical (unpaired) electrons. The van der Waals surface area contributed by atoms with Crippen molar-refractivity contribution >= 4 is 5.91 Å². The highest BCUT2D eigenvalue weighted by atomic mass is 16.1. The van der Waals surface area contributed by atoms with Gasteiger partial charge in [0.25, 0.3) is 0 Å². The third-order valence-corrected chi connectivity index (χ3v) is 2.06. The van der Waals surface area contributed by atoms with Crippen LogP contribution in [0.1, 0.15) is 40.0 Å². The molecular formula is C12H21NO. The third kappa shape index (κ3) is 6.46. The molecule has 0 aliphatic rings. The quantitative estimate of drug-likeness (QED) is 0.394. The molecular weight excluding hydrogens is 174 g/mol. The molecule has 0 saturated carbocycles. The molecule has 80 valence electrons. The maximum absolute atomic E-state index is 11.2. The molecule has 0 aromatic carbocycles. The van der Waals surface area contributed by atoms with E-state index in [1.165, 1.54) is 5.57 Å². The lowest BCUT2D eigenvalue weighted by Gasteiger charge is -1.99. The Morgan fingerprint density at radius 2 is 2.00 bits per heavy atom. The summed E-state index contributed by atoms with van der Waals surface area (Å²) in [6.07, 6.45) is 8.63. The lowest BCUT2D eigenvalue weighted by Crippen LogP contribution is -2.21. The number of rotatable bonds is 6. The average Bonchev–Trinajstić information content (AvgIpc) is 2.20. The zero-order chi connectivity index (χ0) is 10.8. The molecule has 0 saturated heterocycles. The number of hydrogen-bond acceptors (Lipinski definition) is 1. The van der Waals surface area contributed by atoms with Crippen LogP contribution in [-0.2, 0) is 4.79 Å². The first-order chi connectivity index (χ1) is 6.74. The van der Waals surface area contributed by atoms with Crippen LogP contribution in [0.3, 0.4) is 0 Å². The van der Waals surface area contributed by atoms with Crippen LogP contribution < -0.4 is 5.32 Å². The van der Waals surface area contributed by atoms with E-state index in [-0.39, 0.29) is 5.91 Å². The van der Waals surface area contributed by atoms with Gasteiger partial charge in [0.15, 0.2) is 0 Å². The number of carbonyl (C=O) groups excluding carboxylic acids is 1. The molecule has 0 aliphatic heterocycles. The van der Waals surface area contributed by atoms with Gasteiger partial charge in [0.05, 0.1) is 0 Å². The normalized spacial score (nSPS) is 12.1. The zero-order valence-electron chi connectivity index (χ0n) is 9.47. The highest BCUT2D eigenvalue weighted by molar-refractivity contribution is 5.87. The summed E-state index contributed by atoms with van der Waals surface area (Å²) in [6.45, 7) is 6.95. The van der Waals surface area contributed by atoms with E-state index in [4.69, 9.17) is 0 Å². The van der Waals surface area contributed by atoms with Gasteiger partial charge >= 0.3 is 0 Å². The van der Waals surface area contributed by atoms with Gasteiger partial charge in [-0.25, -0.2) is 0 Å². The predicted molar refractivity (Wildman–Crippen MR) is 61.1 cm³/mol. The van der Waals surface area contributed by atoms with Crippen molar-refractivity contribution < 1.29 is 4.79 Å². The van der Waals surface area contributed by atoms with Gasteiger partial charge in [-0.3, -0.25) is 4.79 Å². The summed E-state index contributed by atoms with van der Waals surface area (Å²) in [4.78, 5) is 11.2. The molecule has 14 heavy (non-hydrogen) atoms. The van der Waals surface area contributed by atoms with Crippen molar-refractivity contribution in [2.75, 3.05) is 6.54 Å². The predicted octanol–water partition coefficient (Wildman–Crippen LogP) is 2.82. The number of amides is 1.